The highest BCUT2D eigenvalue weighted by Crippen LogP contribution is 2.29. The first-order valence-electron chi connectivity index (χ1n) is 7.41. The van der Waals surface area contributed by atoms with E-state index >= 15 is 0 Å². The predicted molar refractivity (Wildman–Crippen MR) is 92.7 cm³/mol. The molecule has 1 aromatic carbocycles. The molecular weight excluding hydrogens is 354 g/mol. The molecule has 1 heterocycles. The highest BCUT2D eigenvalue weighted by atomic mass is 35.5. The van der Waals surface area contributed by atoms with Crippen molar-refractivity contribution in [2.24, 2.45) is 0 Å². The first kappa shape index (κ1) is 20.4. The average Bonchev–Trinajstić information content (AvgIpc) is 2.69. The van der Waals surface area contributed by atoms with Gasteiger partial charge in [-0.05, 0) is 39.2 Å². The first-order chi connectivity index (χ1) is 10.8. The van der Waals surface area contributed by atoms with Gasteiger partial charge in [-0.1, -0.05) is 12.1 Å². The van der Waals surface area contributed by atoms with Gasteiger partial charge in [-0.3, -0.25) is 9.59 Å². The van der Waals surface area contributed by atoms with Crippen molar-refractivity contribution in [1.29, 1.82) is 0 Å². The summed E-state index contributed by atoms with van der Waals surface area (Å²) in [5, 5.41) is 2.73. The van der Waals surface area contributed by atoms with Crippen molar-refractivity contribution in [1.82, 2.24) is 14.5 Å². The van der Waals surface area contributed by atoms with Crippen LogP contribution in [0.3, 0.4) is 0 Å². The van der Waals surface area contributed by atoms with Crippen LogP contribution in [-0.2, 0) is 14.8 Å². The van der Waals surface area contributed by atoms with Crippen molar-refractivity contribution in [3.63, 3.8) is 0 Å². The second-order valence-corrected chi connectivity index (χ2v) is 7.47. The summed E-state index contributed by atoms with van der Waals surface area (Å²) in [6.45, 7) is 1.24. The normalized spacial score (nSPS) is 15.1. The molecule has 0 aromatic heterocycles. The number of benzene rings is 1. The lowest BCUT2D eigenvalue weighted by molar-refractivity contribution is -0.121. The van der Waals surface area contributed by atoms with Gasteiger partial charge in [-0.2, -0.15) is 0 Å². The number of rotatable bonds is 7. The second kappa shape index (κ2) is 8.46. The molecule has 0 aliphatic carbocycles. The maximum absolute atomic E-state index is 12.3. The third-order valence-corrected chi connectivity index (χ3v) is 5.40. The summed E-state index contributed by atoms with van der Waals surface area (Å²) >= 11 is 0. The van der Waals surface area contributed by atoms with E-state index in [9.17, 15) is 18.0 Å². The van der Waals surface area contributed by atoms with Gasteiger partial charge >= 0.3 is 0 Å². The Kier molecular flexibility index (Phi) is 7.19. The highest BCUT2D eigenvalue weighted by Gasteiger charge is 2.40. The molecule has 1 aromatic rings. The van der Waals surface area contributed by atoms with Crippen molar-refractivity contribution < 1.29 is 18.0 Å². The smallest absolute Gasteiger partial charge is 0.269 e. The minimum absolute atomic E-state index is 0. The molecule has 24 heavy (non-hydrogen) atoms. The number of carbonyl (C=O) groups is 2. The quantitative estimate of drug-likeness (QED) is 0.709. The minimum Gasteiger partial charge on any atom is -0.356 e. The van der Waals surface area contributed by atoms with Gasteiger partial charge in [0.25, 0.3) is 15.9 Å². The Morgan fingerprint density at radius 1 is 1.25 bits per heavy atom. The van der Waals surface area contributed by atoms with Crippen LogP contribution in [0.25, 0.3) is 0 Å². The zero-order valence-corrected chi connectivity index (χ0v) is 15.3. The number of halogens is 1. The van der Waals surface area contributed by atoms with Crippen LogP contribution >= 0.6 is 12.4 Å². The maximum atomic E-state index is 12.3. The molecule has 9 heteroatoms. The molecular formula is C15H22ClN3O4S. The van der Waals surface area contributed by atoms with Crippen LogP contribution in [0.5, 0.6) is 0 Å². The Bertz CT molecular complexity index is 706. The second-order valence-electron chi connectivity index (χ2n) is 5.64. The highest BCUT2D eigenvalue weighted by molar-refractivity contribution is 7.90. The number of nitrogens with zero attached hydrogens (tertiary/aromatic N) is 2. The average molecular weight is 376 g/mol. The lowest BCUT2D eigenvalue weighted by atomic mass is 10.2. The van der Waals surface area contributed by atoms with E-state index in [-0.39, 0.29) is 41.7 Å². The van der Waals surface area contributed by atoms with E-state index in [0.29, 0.717) is 6.54 Å². The zero-order chi connectivity index (χ0) is 17.0. The van der Waals surface area contributed by atoms with Gasteiger partial charge in [0.15, 0.2) is 0 Å². The zero-order valence-electron chi connectivity index (χ0n) is 13.7. The predicted octanol–water partition coefficient (Wildman–Crippen LogP) is 0.711. The van der Waals surface area contributed by atoms with Gasteiger partial charge in [-0.15, -0.1) is 12.4 Å². The number of hydrogen-bond donors (Lipinski definition) is 1. The van der Waals surface area contributed by atoms with Crippen molar-refractivity contribution in [3.05, 3.63) is 29.8 Å². The van der Waals surface area contributed by atoms with Crippen LogP contribution < -0.4 is 5.32 Å². The molecule has 2 rings (SSSR count). The van der Waals surface area contributed by atoms with Crippen LogP contribution in [0.15, 0.2) is 29.2 Å². The van der Waals surface area contributed by atoms with E-state index in [1.54, 1.807) is 12.1 Å². The molecule has 0 unspecified atom stereocenters. The summed E-state index contributed by atoms with van der Waals surface area (Å²) in [5.41, 5.74) is 0.166. The molecule has 1 aliphatic rings. The lowest BCUT2D eigenvalue weighted by Crippen LogP contribution is -2.35. The number of amides is 2. The number of nitrogens with one attached hydrogen (secondary N) is 1. The summed E-state index contributed by atoms with van der Waals surface area (Å²) in [6, 6.07) is 6.08. The fourth-order valence-electron chi connectivity index (χ4n) is 2.37. The standard InChI is InChI=1S/C15H21N3O4S.ClH/c1-17(2)10-5-9-16-14(19)8-11-18-15(20)12-6-3-4-7-13(12)23(18,21)22;/h3-4,6-7H,5,8-11H2,1-2H3,(H,16,19);1H. The Morgan fingerprint density at radius 3 is 2.54 bits per heavy atom. The summed E-state index contributed by atoms with van der Waals surface area (Å²) in [6.07, 6.45) is 0.770. The van der Waals surface area contributed by atoms with E-state index in [0.717, 1.165) is 17.3 Å². The van der Waals surface area contributed by atoms with Crippen LogP contribution in [-0.4, -0.2) is 63.2 Å². The summed E-state index contributed by atoms with van der Waals surface area (Å²) in [5.74, 6) is -0.830. The Hall–Kier alpha value is -1.64. The van der Waals surface area contributed by atoms with E-state index in [2.05, 4.69) is 5.32 Å². The van der Waals surface area contributed by atoms with Crippen LogP contribution in [0, 0.1) is 0 Å². The van der Waals surface area contributed by atoms with Gasteiger partial charge in [0.2, 0.25) is 5.91 Å². The lowest BCUT2D eigenvalue weighted by Gasteiger charge is -2.15. The van der Waals surface area contributed by atoms with Crippen LogP contribution in [0.1, 0.15) is 23.2 Å². The summed E-state index contributed by atoms with van der Waals surface area (Å²) < 4.78 is 25.4. The number of fused-ring (bicyclic) bond motifs is 1. The van der Waals surface area contributed by atoms with Gasteiger partial charge in [0, 0.05) is 19.5 Å². The minimum atomic E-state index is -3.83. The Balaban J connectivity index is 0.00000288. The van der Waals surface area contributed by atoms with Gasteiger partial charge in [0.05, 0.1) is 5.56 Å². The Morgan fingerprint density at radius 2 is 1.92 bits per heavy atom. The number of sulfonamides is 1. The van der Waals surface area contributed by atoms with Crippen LogP contribution in [0.2, 0.25) is 0 Å². The molecule has 0 atom stereocenters. The fraction of sp³-hybridized carbons (Fsp3) is 0.467. The molecule has 134 valence electrons. The van der Waals surface area contributed by atoms with E-state index in [4.69, 9.17) is 0 Å². The maximum Gasteiger partial charge on any atom is 0.269 e. The largest absolute Gasteiger partial charge is 0.356 e. The van der Waals surface area contributed by atoms with Gasteiger partial charge < -0.3 is 10.2 Å². The fourth-order valence-corrected chi connectivity index (χ4v) is 3.94. The van der Waals surface area contributed by atoms with Gasteiger partial charge in [0.1, 0.15) is 4.90 Å². The monoisotopic (exact) mass is 375 g/mol. The molecule has 7 nitrogen and oxygen atoms in total. The van der Waals surface area contributed by atoms with Crippen molar-refractivity contribution in [3.8, 4) is 0 Å². The molecule has 0 saturated heterocycles. The summed E-state index contributed by atoms with van der Waals surface area (Å²) in [7, 11) is 0.0650. The first-order valence-corrected chi connectivity index (χ1v) is 8.85. The molecule has 1 aliphatic heterocycles. The topological polar surface area (TPSA) is 86.8 Å². The molecule has 0 radical (unpaired) electrons. The molecule has 1 N–H and O–H groups in total. The third-order valence-electron chi connectivity index (χ3n) is 3.56. The molecule has 0 fully saturated rings. The van der Waals surface area contributed by atoms with E-state index in [1.165, 1.54) is 12.1 Å². The number of carbonyl (C=O) groups excluding carboxylic acids is 2. The number of hydrogen-bond acceptors (Lipinski definition) is 5. The summed E-state index contributed by atoms with van der Waals surface area (Å²) in [4.78, 5) is 26.0. The molecule has 2 amide bonds. The molecule has 0 saturated carbocycles. The molecule has 0 spiro atoms. The van der Waals surface area contributed by atoms with Crippen molar-refractivity contribution in [2.45, 2.75) is 17.7 Å². The van der Waals surface area contributed by atoms with Crippen molar-refractivity contribution in [2.75, 3.05) is 33.7 Å². The van der Waals surface area contributed by atoms with Gasteiger partial charge in [-0.25, -0.2) is 12.7 Å². The molecule has 0 bridgehead atoms. The SMILES string of the molecule is CN(C)CCCNC(=O)CCN1C(=O)c2ccccc2S1(=O)=O.Cl. The van der Waals surface area contributed by atoms with E-state index < -0.39 is 15.9 Å². The van der Waals surface area contributed by atoms with Crippen LogP contribution in [0.4, 0.5) is 0 Å². The van der Waals surface area contributed by atoms with Crippen molar-refractivity contribution >= 4 is 34.2 Å². The Labute approximate surface area is 148 Å². The van der Waals surface area contributed by atoms with E-state index in [1.807, 2.05) is 19.0 Å². The third kappa shape index (κ3) is 4.46.